The van der Waals surface area contributed by atoms with Gasteiger partial charge in [-0.2, -0.15) is 0 Å². The molecule has 18 heavy (non-hydrogen) atoms. The molecule has 0 fully saturated rings. The van der Waals surface area contributed by atoms with Crippen LogP contribution in [-0.2, 0) is 11.3 Å². The quantitative estimate of drug-likeness (QED) is 0.581. The molecule has 0 spiro atoms. The predicted octanol–water partition coefficient (Wildman–Crippen LogP) is 2.73. The summed E-state index contributed by atoms with van der Waals surface area (Å²) in [4.78, 5) is 3.51. The van der Waals surface area contributed by atoms with Gasteiger partial charge in [-0.05, 0) is 24.8 Å². The summed E-state index contributed by atoms with van der Waals surface area (Å²) in [6, 6.07) is 6.38. The first-order chi connectivity index (χ1) is 8.74. The zero-order chi connectivity index (χ0) is 13.4. The van der Waals surface area contributed by atoms with Crippen LogP contribution in [0.3, 0.4) is 0 Å². The lowest BCUT2D eigenvalue weighted by atomic mass is 10.1. The Labute approximate surface area is 115 Å². The maximum absolute atomic E-state index is 5.90. The van der Waals surface area contributed by atoms with Crippen molar-refractivity contribution in [2.75, 3.05) is 37.5 Å². The van der Waals surface area contributed by atoms with Crippen molar-refractivity contribution in [3.63, 3.8) is 0 Å². The molecule has 0 saturated carbocycles. The van der Waals surface area contributed by atoms with Gasteiger partial charge in [0.15, 0.2) is 0 Å². The predicted molar refractivity (Wildman–Crippen MR) is 80.5 cm³/mol. The van der Waals surface area contributed by atoms with Crippen molar-refractivity contribution in [1.82, 2.24) is 0 Å². The summed E-state index contributed by atoms with van der Waals surface area (Å²) >= 11 is 1.85. The third kappa shape index (κ3) is 4.19. The first-order valence-electron chi connectivity index (χ1n) is 6.48. The first-order valence-corrected chi connectivity index (χ1v) is 7.46. The molecule has 0 radical (unpaired) electrons. The molecule has 0 unspecified atom stereocenters. The Hall–Kier alpha value is -0.710. The van der Waals surface area contributed by atoms with Gasteiger partial charge in [0.05, 0.1) is 6.61 Å². The van der Waals surface area contributed by atoms with Crippen molar-refractivity contribution in [3.8, 4) is 0 Å². The topological polar surface area (TPSA) is 38.5 Å². The number of nitrogens with two attached hydrogens (primary N) is 1. The second-order valence-electron chi connectivity index (χ2n) is 4.01. The Morgan fingerprint density at radius 3 is 2.72 bits per heavy atom. The molecule has 0 saturated heterocycles. The molecule has 0 bridgehead atoms. The van der Waals surface area contributed by atoms with E-state index in [2.05, 4.69) is 37.1 Å². The van der Waals surface area contributed by atoms with Gasteiger partial charge in [0.2, 0.25) is 0 Å². The van der Waals surface area contributed by atoms with Crippen molar-refractivity contribution in [2.24, 2.45) is 5.73 Å². The molecule has 1 aromatic carbocycles. The maximum Gasteiger partial charge on any atom is 0.0641 e. The molecule has 0 aromatic heterocycles. The van der Waals surface area contributed by atoms with E-state index < -0.39 is 0 Å². The maximum atomic E-state index is 5.90. The number of ether oxygens (including phenoxy) is 1. The van der Waals surface area contributed by atoms with Gasteiger partial charge < -0.3 is 15.4 Å². The summed E-state index contributed by atoms with van der Waals surface area (Å²) in [5.41, 5.74) is 8.36. The summed E-state index contributed by atoms with van der Waals surface area (Å²) in [5, 5.41) is 0. The zero-order valence-corrected chi connectivity index (χ0v) is 12.4. The lowest BCUT2D eigenvalue weighted by Gasteiger charge is -2.23. The van der Waals surface area contributed by atoms with Crippen LogP contribution in [0.5, 0.6) is 0 Å². The van der Waals surface area contributed by atoms with E-state index in [1.165, 1.54) is 16.1 Å². The minimum absolute atomic E-state index is 0.581. The van der Waals surface area contributed by atoms with Gasteiger partial charge in [0.25, 0.3) is 0 Å². The van der Waals surface area contributed by atoms with Gasteiger partial charge in [0.1, 0.15) is 0 Å². The van der Waals surface area contributed by atoms with Gasteiger partial charge in [0, 0.05) is 42.9 Å². The smallest absolute Gasteiger partial charge is 0.0641 e. The van der Waals surface area contributed by atoms with Crippen LogP contribution in [0, 0.1) is 0 Å². The van der Waals surface area contributed by atoms with Crippen LogP contribution in [0.15, 0.2) is 23.1 Å². The average Bonchev–Trinajstić information content (AvgIpc) is 2.39. The van der Waals surface area contributed by atoms with Crippen molar-refractivity contribution in [1.29, 1.82) is 0 Å². The van der Waals surface area contributed by atoms with Crippen LogP contribution in [0.1, 0.15) is 19.4 Å². The number of hydrogen-bond acceptors (Lipinski definition) is 4. The SMILES string of the molecule is CCOCCN(C)c1cccc(SCC)c1CN. The average molecular weight is 268 g/mol. The Bertz CT molecular complexity index is 358. The summed E-state index contributed by atoms with van der Waals surface area (Å²) < 4.78 is 5.40. The molecular formula is C14H24N2OS. The monoisotopic (exact) mass is 268 g/mol. The number of benzene rings is 1. The molecule has 0 aliphatic heterocycles. The van der Waals surface area contributed by atoms with E-state index >= 15 is 0 Å². The van der Waals surface area contributed by atoms with E-state index in [1.807, 2.05) is 18.7 Å². The molecule has 1 rings (SSSR count). The molecule has 102 valence electrons. The molecule has 4 heteroatoms. The third-order valence-corrected chi connectivity index (χ3v) is 3.78. The minimum Gasteiger partial charge on any atom is -0.380 e. The Morgan fingerprint density at radius 2 is 2.11 bits per heavy atom. The second kappa shape index (κ2) is 8.40. The standard InChI is InChI=1S/C14H24N2OS/c1-4-17-10-9-16(3)13-7-6-8-14(18-5-2)12(13)11-15/h6-8H,4-5,9-11,15H2,1-3H3. The number of rotatable bonds is 8. The molecule has 3 nitrogen and oxygen atoms in total. The molecule has 0 amide bonds. The van der Waals surface area contributed by atoms with Crippen molar-refractivity contribution < 1.29 is 4.74 Å². The zero-order valence-electron chi connectivity index (χ0n) is 11.6. The van der Waals surface area contributed by atoms with E-state index in [1.54, 1.807) is 0 Å². The fourth-order valence-corrected chi connectivity index (χ4v) is 2.72. The Balaban J connectivity index is 2.82. The fraction of sp³-hybridized carbons (Fsp3) is 0.571. The van der Waals surface area contributed by atoms with Crippen LogP contribution < -0.4 is 10.6 Å². The highest BCUT2D eigenvalue weighted by molar-refractivity contribution is 7.99. The highest BCUT2D eigenvalue weighted by atomic mass is 32.2. The van der Waals surface area contributed by atoms with Crippen LogP contribution in [0.2, 0.25) is 0 Å². The molecular weight excluding hydrogens is 244 g/mol. The summed E-state index contributed by atoms with van der Waals surface area (Å²) in [5.74, 6) is 1.07. The molecule has 1 aromatic rings. The van der Waals surface area contributed by atoms with E-state index in [9.17, 15) is 0 Å². The summed E-state index contributed by atoms with van der Waals surface area (Å²) in [6.45, 7) is 7.17. The van der Waals surface area contributed by atoms with E-state index in [-0.39, 0.29) is 0 Å². The van der Waals surface area contributed by atoms with Gasteiger partial charge >= 0.3 is 0 Å². The Morgan fingerprint density at radius 1 is 1.33 bits per heavy atom. The van der Waals surface area contributed by atoms with E-state index in [0.29, 0.717) is 6.54 Å². The minimum atomic E-state index is 0.581. The van der Waals surface area contributed by atoms with Gasteiger partial charge in [-0.25, -0.2) is 0 Å². The molecule has 0 aliphatic carbocycles. The lowest BCUT2D eigenvalue weighted by molar-refractivity contribution is 0.154. The highest BCUT2D eigenvalue weighted by Gasteiger charge is 2.10. The van der Waals surface area contributed by atoms with Crippen LogP contribution in [0.25, 0.3) is 0 Å². The normalized spacial score (nSPS) is 10.7. The largest absolute Gasteiger partial charge is 0.380 e. The van der Waals surface area contributed by atoms with Crippen LogP contribution in [-0.4, -0.2) is 32.6 Å². The number of likely N-dealkylation sites (N-methyl/N-ethyl adjacent to an activating group) is 1. The van der Waals surface area contributed by atoms with Crippen molar-refractivity contribution >= 4 is 17.4 Å². The molecule has 0 aliphatic rings. The van der Waals surface area contributed by atoms with E-state index in [0.717, 1.165) is 25.5 Å². The van der Waals surface area contributed by atoms with E-state index in [4.69, 9.17) is 10.5 Å². The lowest BCUT2D eigenvalue weighted by Crippen LogP contribution is -2.24. The van der Waals surface area contributed by atoms with Gasteiger partial charge in [-0.1, -0.05) is 13.0 Å². The molecule has 0 heterocycles. The fourth-order valence-electron chi connectivity index (χ4n) is 1.87. The summed E-state index contributed by atoms with van der Waals surface area (Å²) in [7, 11) is 2.09. The van der Waals surface area contributed by atoms with Gasteiger partial charge in [-0.3, -0.25) is 0 Å². The number of anilines is 1. The van der Waals surface area contributed by atoms with Crippen molar-refractivity contribution in [2.45, 2.75) is 25.3 Å². The van der Waals surface area contributed by atoms with Crippen LogP contribution >= 0.6 is 11.8 Å². The summed E-state index contributed by atoms with van der Waals surface area (Å²) in [6.07, 6.45) is 0. The molecule has 2 N–H and O–H groups in total. The first kappa shape index (κ1) is 15.3. The number of thioether (sulfide) groups is 1. The Kier molecular flexibility index (Phi) is 7.16. The number of nitrogens with zero attached hydrogens (tertiary/aromatic N) is 1. The third-order valence-electron chi connectivity index (χ3n) is 2.80. The van der Waals surface area contributed by atoms with Gasteiger partial charge in [-0.15, -0.1) is 11.8 Å². The molecule has 0 atom stereocenters. The van der Waals surface area contributed by atoms with Crippen molar-refractivity contribution in [3.05, 3.63) is 23.8 Å². The van der Waals surface area contributed by atoms with Crippen LogP contribution in [0.4, 0.5) is 5.69 Å². The number of hydrogen-bond donors (Lipinski definition) is 1. The highest BCUT2D eigenvalue weighted by Crippen LogP contribution is 2.29. The second-order valence-corrected chi connectivity index (χ2v) is 5.32.